The van der Waals surface area contributed by atoms with Crippen LogP contribution in [0, 0.1) is 0 Å². The fourth-order valence-electron chi connectivity index (χ4n) is 1.26. The molecule has 7 heteroatoms. The number of nitrogens with two attached hydrogens (primary N) is 1. The number of thiazole rings is 1. The van der Waals surface area contributed by atoms with Gasteiger partial charge in [-0.05, 0) is 6.54 Å². The lowest BCUT2D eigenvalue weighted by Crippen LogP contribution is -2.08. The maximum atomic E-state index is 5.49. The molecule has 2 heterocycles. The molecule has 0 atom stereocenters. The third-order valence-corrected chi connectivity index (χ3v) is 3.81. The van der Waals surface area contributed by atoms with Crippen molar-refractivity contribution >= 4 is 23.1 Å². The SMILES string of the molecule is Cn1c(CCN)nnc1SCc1cscn1. The molecule has 0 aromatic carbocycles. The Morgan fingerprint density at radius 2 is 2.38 bits per heavy atom. The molecule has 16 heavy (non-hydrogen) atoms. The van der Waals surface area contributed by atoms with Gasteiger partial charge in [0, 0.05) is 24.6 Å². The zero-order valence-corrected chi connectivity index (χ0v) is 10.6. The second kappa shape index (κ2) is 5.42. The Morgan fingerprint density at radius 3 is 3.06 bits per heavy atom. The molecule has 0 spiro atoms. The zero-order chi connectivity index (χ0) is 11.4. The summed E-state index contributed by atoms with van der Waals surface area (Å²) in [7, 11) is 1.97. The highest BCUT2D eigenvalue weighted by molar-refractivity contribution is 7.98. The van der Waals surface area contributed by atoms with Crippen molar-refractivity contribution < 1.29 is 0 Å². The summed E-state index contributed by atoms with van der Waals surface area (Å²) in [5.41, 5.74) is 8.41. The van der Waals surface area contributed by atoms with E-state index in [0.717, 1.165) is 28.8 Å². The van der Waals surface area contributed by atoms with Crippen molar-refractivity contribution in [1.82, 2.24) is 19.7 Å². The molecule has 2 rings (SSSR count). The monoisotopic (exact) mass is 255 g/mol. The van der Waals surface area contributed by atoms with Crippen LogP contribution in [0.15, 0.2) is 16.0 Å². The van der Waals surface area contributed by atoms with E-state index in [2.05, 4.69) is 15.2 Å². The number of hydrogen-bond donors (Lipinski definition) is 1. The largest absolute Gasteiger partial charge is 0.330 e. The first kappa shape index (κ1) is 11.6. The van der Waals surface area contributed by atoms with E-state index in [9.17, 15) is 0 Å². The van der Waals surface area contributed by atoms with E-state index in [1.165, 1.54) is 0 Å². The summed E-state index contributed by atoms with van der Waals surface area (Å²) in [6.07, 6.45) is 0.765. The van der Waals surface area contributed by atoms with Crippen LogP contribution >= 0.6 is 23.1 Å². The molecule has 0 radical (unpaired) electrons. The molecule has 86 valence electrons. The van der Waals surface area contributed by atoms with Gasteiger partial charge in [-0.15, -0.1) is 21.5 Å². The van der Waals surface area contributed by atoms with Crippen LogP contribution in [0.4, 0.5) is 0 Å². The molecule has 0 aliphatic carbocycles. The fraction of sp³-hybridized carbons (Fsp3) is 0.444. The van der Waals surface area contributed by atoms with E-state index in [1.54, 1.807) is 23.1 Å². The smallest absolute Gasteiger partial charge is 0.191 e. The van der Waals surface area contributed by atoms with Gasteiger partial charge < -0.3 is 10.3 Å². The highest BCUT2D eigenvalue weighted by Crippen LogP contribution is 2.20. The van der Waals surface area contributed by atoms with Crippen LogP contribution in [0.5, 0.6) is 0 Å². The normalized spacial score (nSPS) is 10.9. The van der Waals surface area contributed by atoms with Crippen molar-refractivity contribution in [1.29, 1.82) is 0 Å². The van der Waals surface area contributed by atoms with Gasteiger partial charge >= 0.3 is 0 Å². The maximum Gasteiger partial charge on any atom is 0.191 e. The van der Waals surface area contributed by atoms with E-state index in [4.69, 9.17) is 5.73 Å². The summed E-state index contributed by atoms with van der Waals surface area (Å²) in [5, 5.41) is 11.2. The Hall–Kier alpha value is -0.920. The Morgan fingerprint density at radius 1 is 1.50 bits per heavy atom. The molecule has 0 saturated heterocycles. The maximum absolute atomic E-state index is 5.49. The van der Waals surface area contributed by atoms with Crippen LogP contribution < -0.4 is 5.73 Å². The highest BCUT2D eigenvalue weighted by Gasteiger charge is 2.08. The summed E-state index contributed by atoms with van der Waals surface area (Å²) >= 11 is 3.25. The Bertz CT molecular complexity index is 437. The average Bonchev–Trinajstić information content (AvgIpc) is 2.89. The van der Waals surface area contributed by atoms with Crippen molar-refractivity contribution in [3.63, 3.8) is 0 Å². The standard InChI is InChI=1S/C9H13N5S2/c1-14-8(2-3-10)12-13-9(14)16-5-7-4-15-6-11-7/h4,6H,2-3,5,10H2,1H3. The van der Waals surface area contributed by atoms with Gasteiger partial charge in [0.05, 0.1) is 11.2 Å². The minimum absolute atomic E-state index is 0.600. The Kier molecular flexibility index (Phi) is 3.92. The number of aromatic nitrogens is 4. The topological polar surface area (TPSA) is 69.6 Å². The summed E-state index contributed by atoms with van der Waals surface area (Å²) in [6, 6.07) is 0. The van der Waals surface area contributed by atoms with Crippen molar-refractivity contribution in [2.24, 2.45) is 12.8 Å². The molecule has 0 aliphatic rings. The predicted molar refractivity (Wildman–Crippen MR) is 65.4 cm³/mol. The molecule has 0 saturated carbocycles. The van der Waals surface area contributed by atoms with Gasteiger partial charge in [0.2, 0.25) is 0 Å². The second-order valence-electron chi connectivity index (χ2n) is 3.26. The average molecular weight is 255 g/mol. The van der Waals surface area contributed by atoms with E-state index >= 15 is 0 Å². The molecule has 0 amide bonds. The number of rotatable bonds is 5. The minimum atomic E-state index is 0.600. The zero-order valence-electron chi connectivity index (χ0n) is 8.96. The van der Waals surface area contributed by atoms with Gasteiger partial charge in [-0.25, -0.2) is 4.98 Å². The molecule has 2 N–H and O–H groups in total. The highest BCUT2D eigenvalue weighted by atomic mass is 32.2. The lowest BCUT2D eigenvalue weighted by Gasteiger charge is -2.01. The van der Waals surface area contributed by atoms with Crippen molar-refractivity contribution in [3.8, 4) is 0 Å². The van der Waals surface area contributed by atoms with E-state index in [1.807, 2.05) is 22.5 Å². The number of hydrogen-bond acceptors (Lipinski definition) is 6. The van der Waals surface area contributed by atoms with Crippen LogP contribution in [-0.2, 0) is 19.2 Å². The molecule has 0 bridgehead atoms. The van der Waals surface area contributed by atoms with Crippen molar-refractivity contribution in [2.75, 3.05) is 6.54 Å². The Labute approximate surface area is 102 Å². The summed E-state index contributed by atoms with van der Waals surface area (Å²) in [4.78, 5) is 4.22. The van der Waals surface area contributed by atoms with Crippen LogP contribution in [0.25, 0.3) is 0 Å². The molecule has 0 unspecified atom stereocenters. The fourth-order valence-corrected chi connectivity index (χ4v) is 2.76. The van der Waals surface area contributed by atoms with Gasteiger partial charge in [0.15, 0.2) is 5.16 Å². The van der Waals surface area contributed by atoms with Crippen LogP contribution in [-0.4, -0.2) is 26.3 Å². The summed E-state index contributed by atoms with van der Waals surface area (Å²) < 4.78 is 1.99. The van der Waals surface area contributed by atoms with E-state index < -0.39 is 0 Å². The molecule has 0 aliphatic heterocycles. The van der Waals surface area contributed by atoms with Gasteiger partial charge in [0.25, 0.3) is 0 Å². The molecular formula is C9H13N5S2. The molecule has 2 aromatic heterocycles. The number of thioether (sulfide) groups is 1. The number of nitrogens with zero attached hydrogens (tertiary/aromatic N) is 4. The molecule has 0 fully saturated rings. The van der Waals surface area contributed by atoms with Crippen molar-refractivity contribution in [2.45, 2.75) is 17.3 Å². The third-order valence-electron chi connectivity index (χ3n) is 2.13. The lowest BCUT2D eigenvalue weighted by atomic mass is 10.4. The molecule has 5 nitrogen and oxygen atoms in total. The first-order valence-corrected chi connectivity index (χ1v) is 6.82. The molecular weight excluding hydrogens is 242 g/mol. The Balaban J connectivity index is 1.99. The van der Waals surface area contributed by atoms with Gasteiger partial charge in [-0.2, -0.15) is 0 Å². The van der Waals surface area contributed by atoms with E-state index in [-0.39, 0.29) is 0 Å². The summed E-state index contributed by atoms with van der Waals surface area (Å²) in [6.45, 7) is 0.600. The van der Waals surface area contributed by atoms with E-state index in [0.29, 0.717) is 6.54 Å². The van der Waals surface area contributed by atoms with Crippen LogP contribution in [0.2, 0.25) is 0 Å². The summed E-state index contributed by atoms with van der Waals surface area (Å²) in [5.74, 6) is 1.77. The second-order valence-corrected chi connectivity index (χ2v) is 4.93. The molecule has 2 aromatic rings. The van der Waals surface area contributed by atoms with Gasteiger partial charge in [0.1, 0.15) is 5.82 Å². The van der Waals surface area contributed by atoms with Crippen molar-refractivity contribution in [3.05, 3.63) is 22.4 Å². The van der Waals surface area contributed by atoms with Crippen LogP contribution in [0.3, 0.4) is 0 Å². The first-order valence-electron chi connectivity index (χ1n) is 4.89. The predicted octanol–water partition coefficient (Wildman–Crippen LogP) is 1.07. The quantitative estimate of drug-likeness (QED) is 0.809. The van der Waals surface area contributed by atoms with Gasteiger partial charge in [-0.1, -0.05) is 11.8 Å². The minimum Gasteiger partial charge on any atom is -0.330 e. The lowest BCUT2D eigenvalue weighted by molar-refractivity contribution is 0.727. The third kappa shape index (κ3) is 2.60. The van der Waals surface area contributed by atoms with Crippen LogP contribution in [0.1, 0.15) is 11.5 Å². The first-order chi connectivity index (χ1) is 7.81. The van der Waals surface area contributed by atoms with Gasteiger partial charge in [-0.3, -0.25) is 0 Å².